The summed E-state index contributed by atoms with van der Waals surface area (Å²) >= 11 is 0. The number of hydrogen-bond donors (Lipinski definition) is 0. The first kappa shape index (κ1) is 31.3. The van der Waals surface area contributed by atoms with Gasteiger partial charge in [-0.15, -0.1) is 0 Å². The second-order valence-corrected chi connectivity index (χ2v) is 14.3. The molecule has 0 amide bonds. The molecule has 0 aromatic heterocycles. The second-order valence-electron chi connectivity index (χ2n) is 14.3. The minimum Gasteiger partial charge on any atom is -0.426 e. The van der Waals surface area contributed by atoms with Gasteiger partial charge in [0.05, 0.1) is 17.4 Å². The highest BCUT2D eigenvalue weighted by atomic mass is 16.5. The molecule has 5 nitrogen and oxygen atoms in total. The molecule has 0 N–H and O–H groups in total. The Morgan fingerprint density at radius 2 is 1.02 bits per heavy atom. The van der Waals surface area contributed by atoms with E-state index >= 15 is 0 Å². The van der Waals surface area contributed by atoms with E-state index in [0.717, 1.165) is 86.9 Å². The number of hydrogen-bond acceptors (Lipinski definition) is 5. The molecule has 0 spiro atoms. The highest BCUT2D eigenvalue weighted by molar-refractivity contribution is 5.84. The van der Waals surface area contributed by atoms with Gasteiger partial charge in [0.2, 0.25) is 0 Å². The Morgan fingerprint density at radius 1 is 0.619 bits per heavy atom. The van der Waals surface area contributed by atoms with Crippen molar-refractivity contribution in [2.24, 2.45) is 47.3 Å². The minimum absolute atomic E-state index is 0.0813. The topological polar surface area (TPSA) is 69.7 Å². The van der Waals surface area contributed by atoms with Crippen molar-refractivity contribution in [2.45, 2.75) is 129 Å². The van der Waals surface area contributed by atoms with Crippen molar-refractivity contribution in [1.82, 2.24) is 0 Å². The molecule has 42 heavy (non-hydrogen) atoms. The van der Waals surface area contributed by atoms with Crippen molar-refractivity contribution in [2.75, 3.05) is 0 Å². The Bertz CT molecular complexity index is 1030. The molecule has 4 fully saturated rings. The molecule has 1 aromatic carbocycles. The summed E-state index contributed by atoms with van der Waals surface area (Å²) < 4.78 is 11.5. The largest absolute Gasteiger partial charge is 0.426 e. The average molecular weight is 579 g/mol. The predicted octanol–water partition coefficient (Wildman–Crippen LogP) is 9.36. The lowest BCUT2D eigenvalue weighted by Crippen LogP contribution is -2.30. The van der Waals surface area contributed by atoms with Crippen molar-refractivity contribution in [3.8, 4) is 11.5 Å². The fourth-order valence-corrected chi connectivity index (χ4v) is 8.95. The summed E-state index contributed by atoms with van der Waals surface area (Å²) in [6.45, 7) is 4.62. The van der Waals surface area contributed by atoms with Crippen molar-refractivity contribution in [1.29, 1.82) is 0 Å². The summed E-state index contributed by atoms with van der Waals surface area (Å²) in [5.74, 6) is 4.94. The van der Waals surface area contributed by atoms with Crippen LogP contribution < -0.4 is 9.47 Å². The molecular weight excluding hydrogens is 524 g/mol. The summed E-state index contributed by atoms with van der Waals surface area (Å²) in [5.41, 5.74) is 0.251. The van der Waals surface area contributed by atoms with Gasteiger partial charge in [-0.3, -0.25) is 14.4 Å². The molecule has 232 valence electrons. The van der Waals surface area contributed by atoms with Crippen LogP contribution in [0.5, 0.6) is 11.5 Å². The van der Waals surface area contributed by atoms with E-state index in [1.165, 1.54) is 70.3 Å². The zero-order valence-corrected chi connectivity index (χ0v) is 26.2. The highest BCUT2D eigenvalue weighted by Gasteiger charge is 2.35. The molecule has 4 aliphatic carbocycles. The Hall–Kier alpha value is -2.17. The molecule has 0 saturated heterocycles. The fourth-order valence-electron chi connectivity index (χ4n) is 8.95. The quantitative estimate of drug-likeness (QED) is 0.166. The number of aldehydes is 1. The van der Waals surface area contributed by atoms with E-state index in [1.807, 2.05) is 0 Å². The average Bonchev–Trinajstić information content (AvgIpc) is 3.05. The van der Waals surface area contributed by atoms with Crippen molar-refractivity contribution < 1.29 is 23.9 Å². The summed E-state index contributed by atoms with van der Waals surface area (Å²) in [7, 11) is 0. The number of carbonyl (C=O) groups is 3. The molecule has 0 heterocycles. The van der Waals surface area contributed by atoms with Crippen LogP contribution in [0.3, 0.4) is 0 Å². The third-order valence-corrected chi connectivity index (χ3v) is 12.0. The molecule has 0 aliphatic heterocycles. The Morgan fingerprint density at radius 3 is 1.43 bits per heavy atom. The van der Waals surface area contributed by atoms with Crippen molar-refractivity contribution in [3.63, 3.8) is 0 Å². The number of benzene rings is 1. The molecular formula is C37H54O5. The van der Waals surface area contributed by atoms with Crippen LogP contribution in [0.25, 0.3) is 0 Å². The first-order valence-corrected chi connectivity index (χ1v) is 17.5. The van der Waals surface area contributed by atoms with Crippen molar-refractivity contribution in [3.05, 3.63) is 23.8 Å². The first-order chi connectivity index (χ1) is 20.5. The van der Waals surface area contributed by atoms with Gasteiger partial charge in [0.25, 0.3) is 0 Å². The molecule has 0 radical (unpaired) electrons. The van der Waals surface area contributed by atoms with E-state index in [2.05, 4.69) is 13.8 Å². The van der Waals surface area contributed by atoms with Gasteiger partial charge in [0, 0.05) is 0 Å². The summed E-state index contributed by atoms with van der Waals surface area (Å²) in [6.07, 6.45) is 22.1. The lowest BCUT2D eigenvalue weighted by molar-refractivity contribution is -0.141. The van der Waals surface area contributed by atoms with E-state index in [9.17, 15) is 14.4 Å². The number of carbonyl (C=O) groups excluding carboxylic acids is 3. The van der Waals surface area contributed by atoms with E-state index in [-0.39, 0.29) is 35.1 Å². The maximum Gasteiger partial charge on any atom is 0.314 e. The van der Waals surface area contributed by atoms with Crippen LogP contribution >= 0.6 is 0 Å². The van der Waals surface area contributed by atoms with Gasteiger partial charge >= 0.3 is 11.9 Å². The Labute approximate surface area is 253 Å². The van der Waals surface area contributed by atoms with Crippen LogP contribution in [-0.2, 0) is 9.59 Å². The maximum atomic E-state index is 13.0. The molecule has 5 rings (SSSR count). The lowest BCUT2D eigenvalue weighted by Gasteiger charge is -2.37. The molecule has 4 saturated carbocycles. The van der Waals surface area contributed by atoms with Crippen LogP contribution in [0.1, 0.15) is 140 Å². The summed E-state index contributed by atoms with van der Waals surface area (Å²) in [6, 6.07) is 4.79. The van der Waals surface area contributed by atoms with E-state index in [4.69, 9.17) is 9.47 Å². The molecule has 4 aliphatic rings. The van der Waals surface area contributed by atoms with Crippen LogP contribution in [0.2, 0.25) is 0 Å². The molecule has 5 heteroatoms. The summed E-state index contributed by atoms with van der Waals surface area (Å²) in [5, 5.41) is 0. The Kier molecular flexibility index (Phi) is 11.2. The van der Waals surface area contributed by atoms with Crippen molar-refractivity contribution >= 4 is 18.2 Å². The van der Waals surface area contributed by atoms with Gasteiger partial charge in [-0.25, -0.2) is 0 Å². The highest BCUT2D eigenvalue weighted by Crippen LogP contribution is 2.44. The van der Waals surface area contributed by atoms with E-state index in [1.54, 1.807) is 12.1 Å². The molecule has 0 atom stereocenters. The van der Waals surface area contributed by atoms with Gasteiger partial charge in [0.15, 0.2) is 6.29 Å². The standard InChI is InChI=1S/C37H54O5/c1-3-25-5-9-27(10-6-25)29-13-17-31(18-14-29)36(39)41-34-21-22-35(33(23-34)24-38)42-37(40)32-19-15-30(16-20-32)28-11-7-26(4-2)8-12-28/h21-32H,3-20H2,1-2H3. The van der Waals surface area contributed by atoms with Gasteiger partial charge in [0.1, 0.15) is 11.5 Å². The minimum atomic E-state index is -0.240. The van der Waals surface area contributed by atoms with Gasteiger partial charge in [-0.05, 0) is 131 Å². The van der Waals surface area contributed by atoms with Gasteiger partial charge < -0.3 is 9.47 Å². The zero-order chi connectivity index (χ0) is 29.5. The first-order valence-electron chi connectivity index (χ1n) is 17.5. The van der Waals surface area contributed by atoms with Crippen LogP contribution in [-0.4, -0.2) is 18.2 Å². The SMILES string of the molecule is CCC1CCC(C2CCC(C(=O)Oc3ccc(OC(=O)C4CCC(C5CCC(CC)CC5)CC4)c(C=O)c3)CC2)CC1. The van der Waals surface area contributed by atoms with Crippen LogP contribution in [0.4, 0.5) is 0 Å². The van der Waals surface area contributed by atoms with Crippen LogP contribution in [0, 0.1) is 47.3 Å². The zero-order valence-electron chi connectivity index (χ0n) is 26.2. The van der Waals surface area contributed by atoms with Gasteiger partial charge in [-0.2, -0.15) is 0 Å². The number of rotatable bonds is 9. The smallest absolute Gasteiger partial charge is 0.314 e. The number of esters is 2. The lowest BCUT2D eigenvalue weighted by atomic mass is 9.69. The van der Waals surface area contributed by atoms with E-state index < -0.39 is 0 Å². The maximum absolute atomic E-state index is 13.0. The third kappa shape index (κ3) is 7.85. The second kappa shape index (κ2) is 15.0. The normalized spacial score (nSPS) is 33.9. The predicted molar refractivity (Wildman–Crippen MR) is 165 cm³/mol. The van der Waals surface area contributed by atoms with E-state index in [0.29, 0.717) is 12.0 Å². The van der Waals surface area contributed by atoms with Crippen LogP contribution in [0.15, 0.2) is 18.2 Å². The molecule has 1 aromatic rings. The number of ether oxygens (including phenoxy) is 2. The summed E-state index contributed by atoms with van der Waals surface area (Å²) in [4.78, 5) is 37.9. The third-order valence-electron chi connectivity index (χ3n) is 12.0. The molecule has 0 bridgehead atoms. The monoisotopic (exact) mass is 578 g/mol. The Balaban J connectivity index is 1.06. The van der Waals surface area contributed by atoms with Gasteiger partial charge in [-0.1, -0.05) is 52.4 Å². The molecule has 0 unspecified atom stereocenters. The fraction of sp³-hybridized carbons (Fsp3) is 0.757.